The standard InChI is InChI=1S/C11H24N2/c1-10(2)8-13(3)11(9-12)6-4-5-7-11/h10H,4-9,12H2,1-3H3. The van der Waals surface area contributed by atoms with Gasteiger partial charge in [-0.15, -0.1) is 0 Å². The van der Waals surface area contributed by atoms with Gasteiger partial charge in [-0.05, 0) is 25.8 Å². The number of likely N-dealkylation sites (N-methyl/N-ethyl adjacent to an activating group) is 1. The highest BCUT2D eigenvalue weighted by atomic mass is 15.2. The van der Waals surface area contributed by atoms with Gasteiger partial charge >= 0.3 is 0 Å². The smallest absolute Gasteiger partial charge is 0.0328 e. The maximum absolute atomic E-state index is 5.90. The van der Waals surface area contributed by atoms with Crippen molar-refractivity contribution in [3.05, 3.63) is 0 Å². The Balaban J connectivity index is 2.54. The summed E-state index contributed by atoms with van der Waals surface area (Å²) in [6.07, 6.45) is 5.32. The number of hydrogen-bond acceptors (Lipinski definition) is 2. The molecular formula is C11H24N2. The molecule has 2 heteroatoms. The average Bonchev–Trinajstić information content (AvgIpc) is 2.51. The van der Waals surface area contributed by atoms with Crippen molar-refractivity contribution >= 4 is 0 Å². The minimum Gasteiger partial charge on any atom is -0.329 e. The van der Waals surface area contributed by atoms with Gasteiger partial charge in [0.25, 0.3) is 0 Å². The molecule has 0 bridgehead atoms. The first kappa shape index (κ1) is 11.0. The van der Waals surface area contributed by atoms with E-state index in [1.807, 2.05) is 0 Å². The molecule has 0 atom stereocenters. The van der Waals surface area contributed by atoms with Gasteiger partial charge in [-0.1, -0.05) is 26.7 Å². The van der Waals surface area contributed by atoms with Crippen LogP contribution >= 0.6 is 0 Å². The van der Waals surface area contributed by atoms with Crippen LogP contribution in [0.3, 0.4) is 0 Å². The van der Waals surface area contributed by atoms with Gasteiger partial charge < -0.3 is 5.73 Å². The van der Waals surface area contributed by atoms with Crippen molar-refractivity contribution in [1.29, 1.82) is 0 Å². The summed E-state index contributed by atoms with van der Waals surface area (Å²) in [7, 11) is 2.23. The molecule has 0 aromatic carbocycles. The molecule has 0 heterocycles. The Morgan fingerprint density at radius 1 is 1.31 bits per heavy atom. The average molecular weight is 184 g/mol. The minimum absolute atomic E-state index is 0.338. The highest BCUT2D eigenvalue weighted by Crippen LogP contribution is 2.33. The lowest BCUT2D eigenvalue weighted by Crippen LogP contribution is -2.51. The Morgan fingerprint density at radius 2 is 1.85 bits per heavy atom. The summed E-state index contributed by atoms with van der Waals surface area (Å²) >= 11 is 0. The summed E-state index contributed by atoms with van der Waals surface area (Å²) in [5.41, 5.74) is 6.24. The van der Waals surface area contributed by atoms with Crippen LogP contribution in [-0.2, 0) is 0 Å². The van der Waals surface area contributed by atoms with Gasteiger partial charge in [0.05, 0.1) is 0 Å². The van der Waals surface area contributed by atoms with Gasteiger partial charge in [-0.25, -0.2) is 0 Å². The highest BCUT2D eigenvalue weighted by molar-refractivity contribution is 4.94. The summed E-state index contributed by atoms with van der Waals surface area (Å²) in [4.78, 5) is 2.49. The van der Waals surface area contributed by atoms with Crippen LogP contribution in [0.25, 0.3) is 0 Å². The summed E-state index contributed by atoms with van der Waals surface area (Å²) < 4.78 is 0. The topological polar surface area (TPSA) is 29.3 Å². The van der Waals surface area contributed by atoms with Gasteiger partial charge in [0.1, 0.15) is 0 Å². The van der Waals surface area contributed by atoms with Gasteiger partial charge in [-0.3, -0.25) is 4.90 Å². The molecule has 0 amide bonds. The molecule has 0 aromatic heterocycles. The molecule has 0 radical (unpaired) electrons. The fourth-order valence-corrected chi connectivity index (χ4v) is 2.52. The maximum atomic E-state index is 5.90. The molecule has 1 aliphatic carbocycles. The molecule has 1 rings (SSSR count). The molecule has 1 fully saturated rings. The molecular weight excluding hydrogens is 160 g/mol. The molecule has 0 spiro atoms. The van der Waals surface area contributed by atoms with Crippen molar-refractivity contribution in [3.63, 3.8) is 0 Å². The van der Waals surface area contributed by atoms with Gasteiger partial charge in [-0.2, -0.15) is 0 Å². The van der Waals surface area contributed by atoms with E-state index in [2.05, 4.69) is 25.8 Å². The van der Waals surface area contributed by atoms with Gasteiger partial charge in [0.2, 0.25) is 0 Å². The highest BCUT2D eigenvalue weighted by Gasteiger charge is 2.36. The fourth-order valence-electron chi connectivity index (χ4n) is 2.52. The van der Waals surface area contributed by atoms with E-state index in [-0.39, 0.29) is 0 Å². The number of nitrogens with zero attached hydrogens (tertiary/aromatic N) is 1. The third kappa shape index (κ3) is 2.44. The lowest BCUT2D eigenvalue weighted by atomic mass is 9.95. The first-order chi connectivity index (χ1) is 6.10. The Labute approximate surface area is 82.5 Å². The van der Waals surface area contributed by atoms with Crippen molar-refractivity contribution in [3.8, 4) is 0 Å². The minimum atomic E-state index is 0.338. The Bertz CT molecular complexity index is 148. The first-order valence-corrected chi connectivity index (χ1v) is 5.52. The van der Waals surface area contributed by atoms with Crippen LogP contribution in [-0.4, -0.2) is 30.6 Å². The Kier molecular flexibility index (Phi) is 3.74. The molecule has 1 saturated carbocycles. The monoisotopic (exact) mass is 184 g/mol. The quantitative estimate of drug-likeness (QED) is 0.722. The molecule has 0 aliphatic heterocycles. The molecule has 0 unspecified atom stereocenters. The van der Waals surface area contributed by atoms with Crippen LogP contribution in [0.4, 0.5) is 0 Å². The van der Waals surface area contributed by atoms with Crippen molar-refractivity contribution in [1.82, 2.24) is 4.90 Å². The van der Waals surface area contributed by atoms with Crippen molar-refractivity contribution < 1.29 is 0 Å². The molecule has 2 N–H and O–H groups in total. The lowest BCUT2D eigenvalue weighted by molar-refractivity contribution is 0.117. The van der Waals surface area contributed by atoms with E-state index in [0.717, 1.165) is 12.5 Å². The van der Waals surface area contributed by atoms with Gasteiger partial charge in [0, 0.05) is 18.6 Å². The summed E-state index contributed by atoms with van der Waals surface area (Å²) in [6, 6.07) is 0. The van der Waals surface area contributed by atoms with Crippen molar-refractivity contribution in [2.75, 3.05) is 20.1 Å². The molecule has 1 aliphatic rings. The summed E-state index contributed by atoms with van der Waals surface area (Å²) in [6.45, 7) is 6.55. The van der Waals surface area contributed by atoms with E-state index in [1.165, 1.54) is 32.2 Å². The second kappa shape index (κ2) is 4.43. The van der Waals surface area contributed by atoms with Crippen LogP contribution in [0.1, 0.15) is 39.5 Å². The number of nitrogens with two attached hydrogens (primary N) is 1. The number of hydrogen-bond donors (Lipinski definition) is 1. The largest absolute Gasteiger partial charge is 0.329 e. The first-order valence-electron chi connectivity index (χ1n) is 5.52. The third-order valence-electron chi connectivity index (χ3n) is 3.36. The third-order valence-corrected chi connectivity index (χ3v) is 3.36. The second-order valence-corrected chi connectivity index (χ2v) is 4.91. The molecule has 0 saturated heterocycles. The van der Waals surface area contributed by atoms with Crippen LogP contribution < -0.4 is 5.73 Å². The maximum Gasteiger partial charge on any atom is 0.0328 e. The van der Waals surface area contributed by atoms with Crippen molar-refractivity contribution in [2.45, 2.75) is 45.1 Å². The van der Waals surface area contributed by atoms with Crippen LogP contribution in [0.5, 0.6) is 0 Å². The van der Waals surface area contributed by atoms with E-state index in [9.17, 15) is 0 Å². The van der Waals surface area contributed by atoms with Crippen LogP contribution in [0.2, 0.25) is 0 Å². The van der Waals surface area contributed by atoms with Crippen LogP contribution in [0.15, 0.2) is 0 Å². The van der Waals surface area contributed by atoms with E-state index in [1.54, 1.807) is 0 Å². The SMILES string of the molecule is CC(C)CN(C)C1(CN)CCCC1. The van der Waals surface area contributed by atoms with Gasteiger partial charge in [0.15, 0.2) is 0 Å². The van der Waals surface area contributed by atoms with E-state index < -0.39 is 0 Å². The van der Waals surface area contributed by atoms with E-state index >= 15 is 0 Å². The van der Waals surface area contributed by atoms with E-state index in [0.29, 0.717) is 5.54 Å². The lowest BCUT2D eigenvalue weighted by Gasteiger charge is -2.39. The molecule has 78 valence electrons. The Hall–Kier alpha value is -0.0800. The predicted octanol–water partition coefficient (Wildman–Crippen LogP) is 1.85. The molecule has 0 aromatic rings. The number of rotatable bonds is 4. The normalized spacial score (nSPS) is 21.7. The zero-order valence-electron chi connectivity index (χ0n) is 9.34. The van der Waals surface area contributed by atoms with Crippen molar-refractivity contribution in [2.24, 2.45) is 11.7 Å². The van der Waals surface area contributed by atoms with E-state index in [4.69, 9.17) is 5.73 Å². The predicted molar refractivity (Wildman–Crippen MR) is 57.7 cm³/mol. The summed E-state index contributed by atoms with van der Waals surface area (Å²) in [5, 5.41) is 0. The fraction of sp³-hybridized carbons (Fsp3) is 1.00. The van der Waals surface area contributed by atoms with Crippen LogP contribution in [0, 0.1) is 5.92 Å². The molecule has 13 heavy (non-hydrogen) atoms. The Morgan fingerprint density at radius 3 is 2.23 bits per heavy atom. The second-order valence-electron chi connectivity index (χ2n) is 4.91. The zero-order chi connectivity index (χ0) is 9.90. The summed E-state index contributed by atoms with van der Waals surface area (Å²) in [5.74, 6) is 0.744. The zero-order valence-corrected chi connectivity index (χ0v) is 9.34. The molecule has 2 nitrogen and oxygen atoms in total.